The lowest BCUT2D eigenvalue weighted by atomic mass is 10.1. The summed E-state index contributed by atoms with van der Waals surface area (Å²) in [6.45, 7) is 3.15. The first-order valence-electron chi connectivity index (χ1n) is 7.40. The first-order chi connectivity index (χ1) is 9.92. The highest BCUT2D eigenvalue weighted by atomic mass is 32.1. The van der Waals surface area contributed by atoms with Crippen LogP contribution < -0.4 is 10.2 Å². The van der Waals surface area contributed by atoms with Gasteiger partial charge < -0.3 is 10.2 Å². The number of anilines is 2. The highest BCUT2D eigenvalue weighted by molar-refractivity contribution is 7.10. The van der Waals surface area contributed by atoms with E-state index in [1.807, 2.05) is 11.3 Å². The maximum atomic E-state index is 4.79. The largest absolute Gasteiger partial charge is 0.354 e. The third kappa shape index (κ3) is 2.08. The lowest BCUT2D eigenvalue weighted by Gasteiger charge is -2.25. The van der Waals surface area contributed by atoms with Gasteiger partial charge in [-0.2, -0.15) is 4.98 Å². The van der Waals surface area contributed by atoms with Gasteiger partial charge in [0.1, 0.15) is 0 Å². The molecule has 5 nitrogen and oxygen atoms in total. The van der Waals surface area contributed by atoms with Crippen molar-refractivity contribution in [1.29, 1.82) is 0 Å². The summed E-state index contributed by atoms with van der Waals surface area (Å²) in [5.74, 6) is 1.82. The minimum Gasteiger partial charge on any atom is -0.354 e. The van der Waals surface area contributed by atoms with Crippen molar-refractivity contribution in [2.75, 3.05) is 29.9 Å². The maximum Gasteiger partial charge on any atom is 0.246 e. The molecule has 1 atom stereocenters. The van der Waals surface area contributed by atoms with Gasteiger partial charge in [0, 0.05) is 24.5 Å². The number of nitrogens with one attached hydrogen (secondary N) is 1. The van der Waals surface area contributed by atoms with E-state index in [2.05, 4.69) is 32.4 Å². The topological polar surface area (TPSA) is 46.0 Å². The lowest BCUT2D eigenvalue weighted by molar-refractivity contribution is 0.484. The molecule has 2 aromatic heterocycles. The summed E-state index contributed by atoms with van der Waals surface area (Å²) in [7, 11) is 0. The number of rotatable bonds is 2. The molecule has 1 unspecified atom stereocenters. The van der Waals surface area contributed by atoms with E-state index in [-0.39, 0.29) is 0 Å². The van der Waals surface area contributed by atoms with Crippen LogP contribution in [0.15, 0.2) is 17.5 Å². The first kappa shape index (κ1) is 12.2. The Labute approximate surface area is 122 Å². The van der Waals surface area contributed by atoms with Crippen LogP contribution in [0.2, 0.25) is 0 Å². The molecule has 6 heteroatoms. The predicted molar refractivity (Wildman–Crippen MR) is 81.7 cm³/mol. The number of hydrogen-bond acceptors (Lipinski definition) is 5. The number of thiophene rings is 1. The van der Waals surface area contributed by atoms with E-state index < -0.39 is 0 Å². The van der Waals surface area contributed by atoms with Gasteiger partial charge in [-0.3, -0.25) is 0 Å². The van der Waals surface area contributed by atoms with Crippen molar-refractivity contribution in [3.8, 4) is 0 Å². The molecule has 2 aromatic rings. The van der Waals surface area contributed by atoms with Gasteiger partial charge in [-0.1, -0.05) is 6.07 Å². The Hall–Kier alpha value is -1.56. The number of aromatic nitrogens is 3. The quantitative estimate of drug-likeness (QED) is 0.923. The fourth-order valence-electron chi connectivity index (χ4n) is 3.06. The van der Waals surface area contributed by atoms with Crippen LogP contribution in [-0.2, 0) is 0 Å². The Balaban J connectivity index is 1.66. The smallest absolute Gasteiger partial charge is 0.246 e. The fourth-order valence-corrected chi connectivity index (χ4v) is 3.91. The van der Waals surface area contributed by atoms with Gasteiger partial charge >= 0.3 is 0 Å². The van der Waals surface area contributed by atoms with Gasteiger partial charge in [0.05, 0.1) is 6.04 Å². The molecule has 4 rings (SSSR count). The van der Waals surface area contributed by atoms with E-state index in [1.54, 1.807) is 0 Å². The van der Waals surface area contributed by atoms with E-state index in [0.29, 0.717) is 6.04 Å². The molecule has 4 heterocycles. The van der Waals surface area contributed by atoms with E-state index in [9.17, 15) is 0 Å². The Morgan fingerprint density at radius 2 is 2.15 bits per heavy atom. The van der Waals surface area contributed by atoms with E-state index in [1.165, 1.54) is 24.1 Å². The zero-order chi connectivity index (χ0) is 13.4. The Bertz CT molecular complexity index is 570. The van der Waals surface area contributed by atoms with Crippen LogP contribution in [0, 0.1) is 0 Å². The Morgan fingerprint density at radius 3 is 2.95 bits per heavy atom. The molecule has 1 saturated heterocycles. The third-order valence-electron chi connectivity index (χ3n) is 4.13. The van der Waals surface area contributed by atoms with Crippen molar-refractivity contribution in [3.05, 3.63) is 22.4 Å². The minimum absolute atomic E-state index is 0.345. The van der Waals surface area contributed by atoms with Gasteiger partial charge in [0.2, 0.25) is 11.9 Å². The summed E-state index contributed by atoms with van der Waals surface area (Å²) in [5, 5.41) is 10.3. The number of nitrogens with zero attached hydrogens (tertiary/aromatic N) is 4. The SMILES string of the molecule is c1csc(C2CCNc3nc(N4CCCCC4)nn32)c1. The predicted octanol–water partition coefficient (Wildman–Crippen LogP) is 2.73. The Morgan fingerprint density at radius 1 is 1.25 bits per heavy atom. The molecule has 2 aliphatic rings. The van der Waals surface area contributed by atoms with Crippen molar-refractivity contribution in [2.24, 2.45) is 0 Å². The first-order valence-corrected chi connectivity index (χ1v) is 8.28. The van der Waals surface area contributed by atoms with Crippen LogP contribution in [0.1, 0.15) is 36.6 Å². The van der Waals surface area contributed by atoms with Crippen LogP contribution in [-0.4, -0.2) is 34.4 Å². The molecule has 0 aliphatic carbocycles. The molecule has 106 valence electrons. The second-order valence-electron chi connectivity index (χ2n) is 5.47. The molecule has 2 aliphatic heterocycles. The van der Waals surface area contributed by atoms with Crippen molar-refractivity contribution in [1.82, 2.24) is 14.8 Å². The molecule has 0 bridgehead atoms. The molecule has 0 spiro atoms. The summed E-state index contributed by atoms with van der Waals surface area (Å²) in [6, 6.07) is 4.66. The van der Waals surface area contributed by atoms with Crippen molar-refractivity contribution < 1.29 is 0 Å². The summed E-state index contributed by atoms with van der Waals surface area (Å²) >= 11 is 1.81. The van der Waals surface area contributed by atoms with Crippen LogP contribution in [0.4, 0.5) is 11.9 Å². The standard InChI is InChI=1S/C14H19N5S/c1-2-8-18(9-3-1)14-16-13-15-7-6-11(19(13)17-14)12-5-4-10-20-12/h4-5,10-11H,1-3,6-9H2,(H,15,16,17). The molecule has 0 saturated carbocycles. The second-order valence-corrected chi connectivity index (χ2v) is 6.45. The highest BCUT2D eigenvalue weighted by Gasteiger charge is 2.26. The average molecular weight is 289 g/mol. The second kappa shape index (κ2) is 5.09. The summed E-state index contributed by atoms with van der Waals surface area (Å²) in [6.07, 6.45) is 4.92. The van der Waals surface area contributed by atoms with Crippen molar-refractivity contribution >= 4 is 23.2 Å². The lowest BCUT2D eigenvalue weighted by Crippen LogP contribution is -2.30. The van der Waals surface area contributed by atoms with Crippen molar-refractivity contribution in [3.63, 3.8) is 0 Å². The molecule has 0 radical (unpaired) electrons. The van der Waals surface area contributed by atoms with Gasteiger partial charge in [-0.25, -0.2) is 4.68 Å². The van der Waals surface area contributed by atoms with Crippen molar-refractivity contribution in [2.45, 2.75) is 31.7 Å². The third-order valence-corrected chi connectivity index (χ3v) is 5.10. The van der Waals surface area contributed by atoms with Crippen LogP contribution in [0.25, 0.3) is 0 Å². The molecular weight excluding hydrogens is 270 g/mol. The van der Waals surface area contributed by atoms with E-state index in [4.69, 9.17) is 10.1 Å². The monoisotopic (exact) mass is 289 g/mol. The van der Waals surface area contributed by atoms with Gasteiger partial charge in [0.25, 0.3) is 0 Å². The highest BCUT2D eigenvalue weighted by Crippen LogP contribution is 2.32. The van der Waals surface area contributed by atoms with E-state index in [0.717, 1.165) is 38.0 Å². The summed E-state index contributed by atoms with van der Waals surface area (Å²) in [4.78, 5) is 8.40. The number of hydrogen-bond donors (Lipinski definition) is 1. The molecule has 0 amide bonds. The van der Waals surface area contributed by atoms with Crippen LogP contribution in [0.3, 0.4) is 0 Å². The minimum atomic E-state index is 0.345. The maximum absolute atomic E-state index is 4.79. The van der Waals surface area contributed by atoms with Gasteiger partial charge in [0.15, 0.2) is 0 Å². The number of piperidine rings is 1. The van der Waals surface area contributed by atoms with Crippen LogP contribution >= 0.6 is 11.3 Å². The van der Waals surface area contributed by atoms with Gasteiger partial charge in [-0.15, -0.1) is 16.4 Å². The normalized spacial score (nSPS) is 22.4. The van der Waals surface area contributed by atoms with Gasteiger partial charge in [-0.05, 0) is 37.1 Å². The zero-order valence-corrected chi connectivity index (χ0v) is 12.3. The zero-order valence-electron chi connectivity index (χ0n) is 11.5. The van der Waals surface area contributed by atoms with E-state index >= 15 is 0 Å². The molecule has 1 N–H and O–H groups in total. The Kier molecular flexibility index (Phi) is 3.10. The molecule has 20 heavy (non-hydrogen) atoms. The average Bonchev–Trinajstić information content (AvgIpc) is 3.17. The summed E-state index contributed by atoms with van der Waals surface area (Å²) < 4.78 is 2.08. The molecular formula is C14H19N5S. The fraction of sp³-hybridized carbons (Fsp3) is 0.571. The molecule has 1 fully saturated rings. The van der Waals surface area contributed by atoms with Crippen LogP contribution in [0.5, 0.6) is 0 Å². The summed E-state index contributed by atoms with van der Waals surface area (Å²) in [5.41, 5.74) is 0. The molecule has 0 aromatic carbocycles. The number of fused-ring (bicyclic) bond motifs is 1.